The number of carbonyl (C=O) groups excluding carboxylic acids is 1. The Morgan fingerprint density at radius 2 is 2.38 bits per heavy atom. The Labute approximate surface area is 54.8 Å². The zero-order valence-corrected chi connectivity index (χ0v) is 6.12. The first kappa shape index (κ1) is 8.02. The fraction of sp³-hybridized carbons (Fsp3) is 0.833. The van der Waals surface area contributed by atoms with E-state index in [-0.39, 0.29) is 0 Å². The van der Waals surface area contributed by atoms with Gasteiger partial charge in [0, 0.05) is 5.75 Å². The molecule has 0 aliphatic rings. The molecule has 0 heterocycles. The maximum Gasteiger partial charge on any atom is 0.266 e. The van der Waals surface area contributed by atoms with Gasteiger partial charge < -0.3 is 0 Å². The molecule has 0 aliphatic carbocycles. The van der Waals surface area contributed by atoms with Gasteiger partial charge in [-0.3, -0.25) is 4.79 Å². The fourth-order valence-corrected chi connectivity index (χ4v) is 0.882. The summed E-state index contributed by atoms with van der Waals surface area (Å²) in [5.41, 5.74) is 1.80. The lowest BCUT2D eigenvalue weighted by atomic mass is 10.2. The summed E-state index contributed by atoms with van der Waals surface area (Å²) < 4.78 is 0. The van der Waals surface area contributed by atoms with Crippen molar-refractivity contribution in [1.82, 2.24) is 0 Å². The van der Waals surface area contributed by atoms with Crippen molar-refractivity contribution in [3.05, 3.63) is 0 Å². The monoisotopic (exact) mass is 131 g/mol. The fourth-order valence-electron chi connectivity index (χ4n) is 0.294. The third kappa shape index (κ3) is 4.19. The summed E-state index contributed by atoms with van der Waals surface area (Å²) in [5, 5.41) is 0. The second-order valence-electron chi connectivity index (χ2n) is 1.91. The van der Waals surface area contributed by atoms with E-state index >= 15 is 0 Å². The Morgan fingerprint density at radius 3 is 2.75 bits per heavy atom. The van der Waals surface area contributed by atoms with Gasteiger partial charge in [-0.05, 0) is 5.92 Å². The first-order chi connectivity index (χ1) is 3.81. The highest BCUT2D eigenvalue weighted by atomic mass is 32.2. The van der Waals surface area contributed by atoms with Gasteiger partial charge in [0.25, 0.3) is 5.62 Å². The topological polar surface area (TPSA) is 17.1 Å². The summed E-state index contributed by atoms with van der Waals surface area (Å²) >= 11 is 1.24. The molecule has 8 heavy (non-hydrogen) atoms. The van der Waals surface area contributed by atoms with E-state index in [1.54, 1.807) is 5.62 Å². The molecule has 1 unspecified atom stereocenters. The minimum Gasteiger partial charge on any atom is -0.277 e. The van der Waals surface area contributed by atoms with Crippen LogP contribution in [0.5, 0.6) is 0 Å². The Hall–Kier alpha value is 0.0200. The van der Waals surface area contributed by atoms with Crippen LogP contribution in [0.4, 0.5) is 0 Å². The predicted molar refractivity (Wildman–Crippen MR) is 37.6 cm³/mol. The number of thioether (sulfide) groups is 1. The minimum absolute atomic E-state index is 0.654. The average molecular weight is 131 g/mol. The van der Waals surface area contributed by atoms with Crippen molar-refractivity contribution in [2.24, 2.45) is 5.92 Å². The molecule has 1 nitrogen and oxygen atoms in total. The Bertz CT molecular complexity index is 63.5. The summed E-state index contributed by atoms with van der Waals surface area (Å²) in [4.78, 5) is 9.66. The Morgan fingerprint density at radius 1 is 1.75 bits per heavy atom. The third-order valence-corrected chi connectivity index (χ3v) is 1.98. The zero-order chi connectivity index (χ0) is 6.41. The molecule has 0 spiro atoms. The number of hydrogen-bond donors (Lipinski definition) is 0. The van der Waals surface area contributed by atoms with Crippen molar-refractivity contribution in [3.63, 3.8) is 0 Å². The summed E-state index contributed by atoms with van der Waals surface area (Å²) in [6.07, 6.45) is 1.15. The van der Waals surface area contributed by atoms with Gasteiger partial charge in [0.15, 0.2) is 0 Å². The highest BCUT2D eigenvalue weighted by Gasteiger charge is 1.96. The van der Waals surface area contributed by atoms with Crippen LogP contribution in [-0.4, -0.2) is 11.4 Å². The summed E-state index contributed by atoms with van der Waals surface area (Å²) in [6.45, 7) is 4.25. The first-order valence-electron chi connectivity index (χ1n) is 2.80. The van der Waals surface area contributed by atoms with Crippen LogP contribution in [0.1, 0.15) is 20.3 Å². The molecule has 0 aromatic heterocycles. The maximum absolute atomic E-state index is 9.66. The minimum atomic E-state index is 0.654. The molecule has 1 radical (unpaired) electrons. The summed E-state index contributed by atoms with van der Waals surface area (Å²) in [5.74, 6) is 1.57. The third-order valence-electron chi connectivity index (χ3n) is 1.12. The normalized spacial score (nSPS) is 13.2. The molecule has 0 aromatic carbocycles. The second-order valence-corrected chi connectivity index (χ2v) is 2.70. The van der Waals surface area contributed by atoms with E-state index in [1.807, 2.05) is 0 Å². The molecule has 0 saturated carbocycles. The lowest BCUT2D eigenvalue weighted by Gasteiger charge is -2.01. The number of rotatable bonds is 4. The molecule has 0 aliphatic heterocycles. The Kier molecular flexibility index (Phi) is 5.18. The molecule has 0 rings (SSSR count). The average Bonchev–Trinajstić information content (AvgIpc) is 1.83. The largest absolute Gasteiger partial charge is 0.277 e. The molecule has 0 saturated heterocycles. The summed E-state index contributed by atoms with van der Waals surface area (Å²) in [7, 11) is 0. The molecule has 47 valence electrons. The standard InChI is InChI=1S/C6H11OS/c1-3-6(2)4-8-5-7/h6H,3-4H2,1-2H3. The Balaban J connectivity index is 2.97. The van der Waals surface area contributed by atoms with Crippen molar-refractivity contribution < 1.29 is 4.79 Å². The molecule has 0 bridgehead atoms. The van der Waals surface area contributed by atoms with Gasteiger partial charge in [-0.2, -0.15) is 0 Å². The highest BCUT2D eigenvalue weighted by molar-refractivity contribution is 8.11. The van der Waals surface area contributed by atoms with Crippen molar-refractivity contribution >= 4 is 17.4 Å². The predicted octanol–water partition coefficient (Wildman–Crippen LogP) is 1.83. The van der Waals surface area contributed by atoms with Crippen molar-refractivity contribution in [3.8, 4) is 0 Å². The molecular formula is C6H11OS. The van der Waals surface area contributed by atoms with Crippen LogP contribution >= 0.6 is 11.8 Å². The molecule has 0 N–H and O–H groups in total. The van der Waals surface area contributed by atoms with Crippen molar-refractivity contribution in [2.75, 3.05) is 5.75 Å². The van der Waals surface area contributed by atoms with E-state index in [0.717, 1.165) is 12.2 Å². The highest BCUT2D eigenvalue weighted by Crippen LogP contribution is 2.07. The molecule has 0 fully saturated rings. The SMILES string of the molecule is CCC(C)CS[C]=O. The maximum atomic E-state index is 9.66. The van der Waals surface area contributed by atoms with Gasteiger partial charge in [-0.15, -0.1) is 0 Å². The van der Waals surface area contributed by atoms with E-state index in [4.69, 9.17) is 0 Å². The van der Waals surface area contributed by atoms with Gasteiger partial charge in [0.05, 0.1) is 0 Å². The van der Waals surface area contributed by atoms with Crippen LogP contribution in [0, 0.1) is 5.92 Å². The van der Waals surface area contributed by atoms with Crippen LogP contribution in [-0.2, 0) is 4.79 Å². The molecule has 2 heteroatoms. The van der Waals surface area contributed by atoms with Crippen LogP contribution in [0.15, 0.2) is 0 Å². The van der Waals surface area contributed by atoms with Gasteiger partial charge >= 0.3 is 0 Å². The summed E-state index contributed by atoms with van der Waals surface area (Å²) in [6, 6.07) is 0. The van der Waals surface area contributed by atoms with E-state index in [2.05, 4.69) is 13.8 Å². The van der Waals surface area contributed by atoms with Gasteiger partial charge in [-0.1, -0.05) is 32.0 Å². The van der Waals surface area contributed by atoms with Crippen LogP contribution in [0.25, 0.3) is 0 Å². The van der Waals surface area contributed by atoms with Crippen LogP contribution < -0.4 is 0 Å². The van der Waals surface area contributed by atoms with Gasteiger partial charge in [0.2, 0.25) is 0 Å². The van der Waals surface area contributed by atoms with Gasteiger partial charge in [-0.25, -0.2) is 0 Å². The zero-order valence-electron chi connectivity index (χ0n) is 5.31. The smallest absolute Gasteiger partial charge is 0.266 e. The lowest BCUT2D eigenvalue weighted by Crippen LogP contribution is -1.94. The van der Waals surface area contributed by atoms with Crippen molar-refractivity contribution in [2.45, 2.75) is 20.3 Å². The van der Waals surface area contributed by atoms with E-state index in [1.165, 1.54) is 11.8 Å². The molecule has 0 amide bonds. The molecular weight excluding hydrogens is 120 g/mol. The molecule has 1 atom stereocenters. The number of hydrogen-bond acceptors (Lipinski definition) is 2. The molecule has 0 aromatic rings. The van der Waals surface area contributed by atoms with Crippen LogP contribution in [0.2, 0.25) is 0 Å². The van der Waals surface area contributed by atoms with Crippen molar-refractivity contribution in [1.29, 1.82) is 0 Å². The van der Waals surface area contributed by atoms with E-state index < -0.39 is 0 Å². The quantitative estimate of drug-likeness (QED) is 0.579. The second kappa shape index (κ2) is 5.16. The van der Waals surface area contributed by atoms with Crippen LogP contribution in [0.3, 0.4) is 0 Å². The van der Waals surface area contributed by atoms with E-state index in [0.29, 0.717) is 5.92 Å². The van der Waals surface area contributed by atoms with Gasteiger partial charge in [0.1, 0.15) is 0 Å². The first-order valence-corrected chi connectivity index (χ1v) is 3.78. The van der Waals surface area contributed by atoms with E-state index in [9.17, 15) is 4.79 Å². The lowest BCUT2D eigenvalue weighted by molar-refractivity contribution is 0.569.